The van der Waals surface area contributed by atoms with Crippen LogP contribution in [-0.4, -0.2) is 17.6 Å². The summed E-state index contributed by atoms with van der Waals surface area (Å²) in [5.41, 5.74) is 15.2. The van der Waals surface area contributed by atoms with Crippen molar-refractivity contribution in [1.82, 2.24) is 0 Å². The molecule has 0 aromatic heterocycles. The van der Waals surface area contributed by atoms with Crippen molar-refractivity contribution in [3.05, 3.63) is 119 Å². The summed E-state index contributed by atoms with van der Waals surface area (Å²) in [6, 6.07) is 26.8. The highest BCUT2D eigenvalue weighted by Crippen LogP contribution is 2.19. The Bertz CT molecular complexity index is 1260. The number of benzene rings is 4. The van der Waals surface area contributed by atoms with Crippen molar-refractivity contribution in [2.24, 2.45) is 0 Å². The van der Waals surface area contributed by atoms with Crippen LogP contribution in [0.5, 0.6) is 0 Å². The molecule has 4 aromatic carbocycles. The number of nitrogens with two attached hydrogens (primary N) is 2. The Hall–Kier alpha value is -4.91. The van der Waals surface area contributed by atoms with E-state index in [0.29, 0.717) is 45.0 Å². The predicted octanol–water partition coefficient (Wildman–Crippen LogP) is 4.59. The lowest BCUT2D eigenvalue weighted by Crippen LogP contribution is -2.14. The minimum atomic E-state index is -0.327. The molecule has 0 heterocycles. The number of para-hydroxylation sites is 2. The number of nitrogens with one attached hydrogen (secondary N) is 2. The molecule has 0 aliphatic heterocycles. The molecule has 0 fully saturated rings. The topological polar surface area (TPSA) is 127 Å². The highest BCUT2D eigenvalue weighted by molar-refractivity contribution is 6.11. The number of carbonyl (C=O) groups is 3. The summed E-state index contributed by atoms with van der Waals surface area (Å²) < 4.78 is 0. The molecule has 0 aliphatic rings. The minimum Gasteiger partial charge on any atom is -0.398 e. The van der Waals surface area contributed by atoms with Crippen LogP contribution in [0.4, 0.5) is 22.7 Å². The van der Waals surface area contributed by atoms with Crippen LogP contribution in [0.1, 0.15) is 36.6 Å². The smallest absolute Gasteiger partial charge is 0.257 e. The standard InChI is InChI=1S/C27H22N4O3/c28-23-7-3-1-5-21(23)26(33)30-19-13-9-17(10-14-19)25(32)18-11-15-20(16-12-18)31-27(34)22-6-2-4-8-24(22)29/h1-16H,28-29H2,(H,30,33)(H,31,34). The van der Waals surface area contributed by atoms with Gasteiger partial charge in [0, 0.05) is 33.9 Å². The summed E-state index contributed by atoms with van der Waals surface area (Å²) in [7, 11) is 0. The Morgan fingerprint density at radius 2 is 0.853 bits per heavy atom. The van der Waals surface area contributed by atoms with Crippen molar-refractivity contribution in [3.8, 4) is 0 Å². The van der Waals surface area contributed by atoms with Gasteiger partial charge in [0.25, 0.3) is 11.8 Å². The maximum Gasteiger partial charge on any atom is 0.257 e. The van der Waals surface area contributed by atoms with E-state index in [1.54, 1.807) is 97.1 Å². The second kappa shape index (κ2) is 9.70. The van der Waals surface area contributed by atoms with Gasteiger partial charge in [-0.1, -0.05) is 24.3 Å². The van der Waals surface area contributed by atoms with E-state index in [4.69, 9.17) is 11.5 Å². The number of amides is 2. The molecule has 0 bridgehead atoms. The van der Waals surface area contributed by atoms with Gasteiger partial charge in [-0.05, 0) is 72.8 Å². The van der Waals surface area contributed by atoms with Crippen molar-refractivity contribution in [3.63, 3.8) is 0 Å². The van der Waals surface area contributed by atoms with E-state index in [1.807, 2.05) is 0 Å². The zero-order valence-electron chi connectivity index (χ0n) is 18.1. The Kier molecular flexibility index (Phi) is 6.36. The van der Waals surface area contributed by atoms with E-state index in [2.05, 4.69) is 10.6 Å². The molecule has 0 saturated heterocycles. The molecule has 0 saturated carbocycles. The first-order valence-electron chi connectivity index (χ1n) is 10.5. The van der Waals surface area contributed by atoms with Gasteiger partial charge in [-0.25, -0.2) is 0 Å². The molecule has 0 spiro atoms. The van der Waals surface area contributed by atoms with Gasteiger partial charge in [0.1, 0.15) is 0 Å². The molecule has 168 valence electrons. The lowest BCUT2D eigenvalue weighted by Gasteiger charge is -2.09. The highest BCUT2D eigenvalue weighted by Gasteiger charge is 2.13. The zero-order chi connectivity index (χ0) is 24.1. The second-order valence-corrected chi connectivity index (χ2v) is 7.57. The summed E-state index contributed by atoms with van der Waals surface area (Å²) in [5, 5.41) is 5.54. The molecule has 0 radical (unpaired) electrons. The maximum atomic E-state index is 12.8. The lowest BCUT2D eigenvalue weighted by atomic mass is 10.0. The fourth-order valence-electron chi connectivity index (χ4n) is 3.38. The third kappa shape index (κ3) is 4.94. The van der Waals surface area contributed by atoms with Crippen molar-refractivity contribution >= 4 is 40.3 Å². The highest BCUT2D eigenvalue weighted by atomic mass is 16.2. The zero-order valence-corrected chi connectivity index (χ0v) is 18.1. The van der Waals surface area contributed by atoms with Crippen molar-refractivity contribution in [2.75, 3.05) is 22.1 Å². The Balaban J connectivity index is 1.41. The van der Waals surface area contributed by atoms with E-state index < -0.39 is 0 Å². The van der Waals surface area contributed by atoms with Crippen LogP contribution >= 0.6 is 0 Å². The van der Waals surface area contributed by atoms with E-state index in [0.717, 1.165) is 0 Å². The van der Waals surface area contributed by atoms with E-state index >= 15 is 0 Å². The first kappa shape index (κ1) is 22.3. The quantitative estimate of drug-likeness (QED) is 0.252. The van der Waals surface area contributed by atoms with Gasteiger partial charge in [-0.3, -0.25) is 14.4 Å². The second-order valence-electron chi connectivity index (χ2n) is 7.57. The summed E-state index contributed by atoms with van der Waals surface area (Å²) in [4.78, 5) is 37.6. The monoisotopic (exact) mass is 450 g/mol. The van der Waals surface area contributed by atoms with Crippen molar-refractivity contribution in [1.29, 1.82) is 0 Å². The number of carbonyl (C=O) groups excluding carboxylic acids is 3. The first-order chi connectivity index (χ1) is 16.4. The van der Waals surface area contributed by atoms with Crippen LogP contribution in [0.15, 0.2) is 97.1 Å². The molecule has 0 aliphatic carbocycles. The fourth-order valence-corrected chi connectivity index (χ4v) is 3.38. The molecular formula is C27H22N4O3. The van der Waals surface area contributed by atoms with Gasteiger partial charge in [0.2, 0.25) is 0 Å². The molecule has 4 aromatic rings. The van der Waals surface area contributed by atoms with E-state index in [-0.39, 0.29) is 17.6 Å². The largest absolute Gasteiger partial charge is 0.398 e. The number of hydrogen-bond donors (Lipinski definition) is 4. The number of anilines is 4. The van der Waals surface area contributed by atoms with Crippen LogP contribution < -0.4 is 22.1 Å². The molecule has 7 heteroatoms. The van der Waals surface area contributed by atoms with Gasteiger partial charge in [0.05, 0.1) is 11.1 Å². The molecule has 0 unspecified atom stereocenters. The molecule has 7 nitrogen and oxygen atoms in total. The summed E-state index contributed by atoms with van der Waals surface area (Å²) >= 11 is 0. The average molecular weight is 450 g/mol. The molecule has 2 amide bonds. The van der Waals surface area contributed by atoms with E-state index in [1.165, 1.54) is 0 Å². The third-order valence-corrected chi connectivity index (χ3v) is 5.22. The number of rotatable bonds is 6. The van der Waals surface area contributed by atoms with Crippen LogP contribution in [0.25, 0.3) is 0 Å². The number of ketones is 1. The normalized spacial score (nSPS) is 10.4. The van der Waals surface area contributed by atoms with Crippen molar-refractivity contribution < 1.29 is 14.4 Å². The fraction of sp³-hybridized carbons (Fsp3) is 0. The van der Waals surface area contributed by atoms with Crippen LogP contribution in [-0.2, 0) is 0 Å². The SMILES string of the molecule is Nc1ccccc1C(=O)Nc1ccc(C(=O)c2ccc(NC(=O)c3ccccc3N)cc2)cc1. The van der Waals surface area contributed by atoms with Gasteiger partial charge < -0.3 is 22.1 Å². The number of nitrogen functional groups attached to an aromatic ring is 2. The van der Waals surface area contributed by atoms with Crippen LogP contribution in [0, 0.1) is 0 Å². The maximum absolute atomic E-state index is 12.8. The molecule has 34 heavy (non-hydrogen) atoms. The average Bonchev–Trinajstić information content (AvgIpc) is 2.85. The van der Waals surface area contributed by atoms with Crippen LogP contribution in [0.2, 0.25) is 0 Å². The molecule has 4 rings (SSSR count). The predicted molar refractivity (Wildman–Crippen MR) is 134 cm³/mol. The van der Waals surface area contributed by atoms with Crippen LogP contribution in [0.3, 0.4) is 0 Å². The third-order valence-electron chi connectivity index (χ3n) is 5.22. The summed E-state index contributed by atoms with van der Waals surface area (Å²) in [6.45, 7) is 0. The van der Waals surface area contributed by atoms with Gasteiger partial charge in [-0.15, -0.1) is 0 Å². The van der Waals surface area contributed by atoms with Gasteiger partial charge in [0.15, 0.2) is 5.78 Å². The lowest BCUT2D eigenvalue weighted by molar-refractivity contribution is 0.101. The number of hydrogen-bond acceptors (Lipinski definition) is 5. The van der Waals surface area contributed by atoms with E-state index in [9.17, 15) is 14.4 Å². The first-order valence-corrected chi connectivity index (χ1v) is 10.5. The molecule has 6 N–H and O–H groups in total. The van der Waals surface area contributed by atoms with Crippen molar-refractivity contribution in [2.45, 2.75) is 0 Å². The summed E-state index contributed by atoms with van der Waals surface area (Å²) in [5.74, 6) is -0.838. The Labute approximate surface area is 196 Å². The molecule has 0 atom stereocenters. The summed E-state index contributed by atoms with van der Waals surface area (Å²) in [6.07, 6.45) is 0. The minimum absolute atomic E-state index is 0.185. The van der Waals surface area contributed by atoms with Gasteiger partial charge in [-0.2, -0.15) is 0 Å². The molecular weight excluding hydrogens is 428 g/mol. The van der Waals surface area contributed by atoms with Gasteiger partial charge >= 0.3 is 0 Å². The Morgan fingerprint density at radius 3 is 1.21 bits per heavy atom. The Morgan fingerprint density at radius 1 is 0.500 bits per heavy atom.